The third-order valence-corrected chi connectivity index (χ3v) is 5.84. The standard InChI is InChI=1S/C21H20Cl2N4O2/c1-13-10-25(12-24-13)18-5-6-19-21(29)26(14(2)11-27(19)20(18)28)8-7-15-9-16(22)3-4-17(15)23/h3-6,9-10,12,14H,7-8,11H2,1-2H3/t14-/m1/s1. The summed E-state index contributed by atoms with van der Waals surface area (Å²) in [4.78, 5) is 32.0. The molecule has 1 amide bonds. The number of carbonyl (C=O) groups excluding carboxylic acids is 1. The number of imidazole rings is 1. The van der Waals surface area contributed by atoms with Gasteiger partial charge in [-0.2, -0.15) is 0 Å². The molecule has 3 aromatic rings. The number of aryl methyl sites for hydroxylation is 1. The number of pyridine rings is 1. The van der Waals surface area contributed by atoms with E-state index in [1.54, 1.807) is 50.8 Å². The average Bonchev–Trinajstić information content (AvgIpc) is 3.11. The van der Waals surface area contributed by atoms with Crippen LogP contribution in [0.2, 0.25) is 10.0 Å². The molecule has 0 aliphatic carbocycles. The van der Waals surface area contributed by atoms with Gasteiger partial charge in [-0.15, -0.1) is 0 Å². The first kappa shape index (κ1) is 19.7. The van der Waals surface area contributed by atoms with Crippen molar-refractivity contribution in [2.45, 2.75) is 32.9 Å². The number of fused-ring (bicyclic) bond motifs is 1. The zero-order chi connectivity index (χ0) is 20.7. The molecule has 1 atom stereocenters. The lowest BCUT2D eigenvalue weighted by Crippen LogP contribution is -2.50. The third kappa shape index (κ3) is 3.70. The predicted molar refractivity (Wildman–Crippen MR) is 113 cm³/mol. The van der Waals surface area contributed by atoms with Crippen molar-refractivity contribution in [3.63, 3.8) is 0 Å². The number of rotatable bonds is 4. The Morgan fingerprint density at radius 1 is 1.17 bits per heavy atom. The van der Waals surface area contributed by atoms with E-state index in [1.807, 2.05) is 19.9 Å². The smallest absolute Gasteiger partial charge is 0.275 e. The summed E-state index contributed by atoms with van der Waals surface area (Å²) in [7, 11) is 0. The van der Waals surface area contributed by atoms with Crippen LogP contribution in [0.5, 0.6) is 0 Å². The second-order valence-corrected chi connectivity index (χ2v) is 8.12. The van der Waals surface area contributed by atoms with Crippen LogP contribution >= 0.6 is 23.2 Å². The number of aromatic nitrogens is 3. The van der Waals surface area contributed by atoms with Crippen LogP contribution in [0.1, 0.15) is 28.7 Å². The summed E-state index contributed by atoms with van der Waals surface area (Å²) in [5.74, 6) is -0.160. The van der Waals surface area contributed by atoms with Crippen molar-refractivity contribution in [1.29, 1.82) is 0 Å². The first-order valence-corrected chi connectivity index (χ1v) is 10.1. The normalized spacial score (nSPS) is 16.2. The highest BCUT2D eigenvalue weighted by atomic mass is 35.5. The second kappa shape index (κ2) is 7.69. The molecule has 0 unspecified atom stereocenters. The topological polar surface area (TPSA) is 60.1 Å². The molecular weight excluding hydrogens is 411 g/mol. The van der Waals surface area contributed by atoms with Crippen LogP contribution in [0.3, 0.4) is 0 Å². The predicted octanol–water partition coefficient (Wildman–Crippen LogP) is 3.74. The van der Waals surface area contributed by atoms with Gasteiger partial charge in [0, 0.05) is 35.4 Å². The largest absolute Gasteiger partial charge is 0.333 e. The highest BCUT2D eigenvalue weighted by Gasteiger charge is 2.31. The van der Waals surface area contributed by atoms with Gasteiger partial charge in [-0.3, -0.25) is 9.59 Å². The van der Waals surface area contributed by atoms with Crippen LogP contribution in [0.25, 0.3) is 5.69 Å². The minimum absolute atomic E-state index is 0.120. The lowest BCUT2D eigenvalue weighted by Gasteiger charge is -2.35. The number of halogens is 2. The lowest BCUT2D eigenvalue weighted by atomic mass is 10.1. The van der Waals surface area contributed by atoms with Crippen molar-refractivity contribution in [3.8, 4) is 5.69 Å². The van der Waals surface area contributed by atoms with E-state index in [-0.39, 0.29) is 17.5 Å². The maximum atomic E-state index is 13.1. The van der Waals surface area contributed by atoms with Gasteiger partial charge >= 0.3 is 0 Å². The molecule has 0 N–H and O–H groups in total. The highest BCUT2D eigenvalue weighted by molar-refractivity contribution is 6.33. The van der Waals surface area contributed by atoms with Gasteiger partial charge in [0.25, 0.3) is 11.5 Å². The van der Waals surface area contributed by atoms with Gasteiger partial charge in [0.15, 0.2) is 0 Å². The Hall–Kier alpha value is -2.57. The maximum Gasteiger partial charge on any atom is 0.275 e. The first-order chi connectivity index (χ1) is 13.8. The maximum absolute atomic E-state index is 13.1. The van der Waals surface area contributed by atoms with Crippen LogP contribution in [0.4, 0.5) is 0 Å². The van der Waals surface area contributed by atoms with Gasteiger partial charge in [-0.25, -0.2) is 4.98 Å². The molecule has 1 aliphatic rings. The van der Waals surface area contributed by atoms with Crippen LogP contribution < -0.4 is 5.56 Å². The van der Waals surface area contributed by atoms with Gasteiger partial charge in [-0.05, 0) is 56.2 Å². The van der Waals surface area contributed by atoms with Crippen LogP contribution in [-0.2, 0) is 13.0 Å². The summed E-state index contributed by atoms with van der Waals surface area (Å²) in [6.45, 7) is 4.74. The Morgan fingerprint density at radius 3 is 2.69 bits per heavy atom. The molecule has 0 radical (unpaired) electrons. The van der Waals surface area contributed by atoms with E-state index in [9.17, 15) is 9.59 Å². The van der Waals surface area contributed by atoms with Crippen LogP contribution in [0.15, 0.2) is 47.7 Å². The molecular formula is C21H20Cl2N4O2. The Balaban J connectivity index is 1.61. The molecule has 4 rings (SSSR count). The molecule has 0 bridgehead atoms. The van der Waals surface area contributed by atoms with Crippen molar-refractivity contribution >= 4 is 29.1 Å². The molecule has 0 spiro atoms. The molecule has 3 heterocycles. The van der Waals surface area contributed by atoms with E-state index >= 15 is 0 Å². The first-order valence-electron chi connectivity index (χ1n) is 9.35. The highest BCUT2D eigenvalue weighted by Crippen LogP contribution is 2.23. The lowest BCUT2D eigenvalue weighted by molar-refractivity contribution is 0.0612. The molecule has 1 aromatic carbocycles. The van der Waals surface area contributed by atoms with Gasteiger partial charge in [0.05, 0.1) is 12.0 Å². The summed E-state index contributed by atoms with van der Waals surface area (Å²) in [5.41, 5.74) is 2.40. The van der Waals surface area contributed by atoms with Gasteiger partial charge in [-0.1, -0.05) is 23.2 Å². The molecule has 0 saturated carbocycles. The molecule has 2 aromatic heterocycles. The fourth-order valence-electron chi connectivity index (χ4n) is 3.69. The van der Waals surface area contributed by atoms with Gasteiger partial charge in [0.1, 0.15) is 11.4 Å². The van der Waals surface area contributed by atoms with Crippen molar-refractivity contribution in [1.82, 2.24) is 19.0 Å². The van der Waals surface area contributed by atoms with E-state index in [0.29, 0.717) is 40.9 Å². The van der Waals surface area contributed by atoms with Crippen LogP contribution in [0, 0.1) is 6.92 Å². The zero-order valence-corrected chi connectivity index (χ0v) is 17.6. The van der Waals surface area contributed by atoms with E-state index in [4.69, 9.17) is 23.2 Å². The minimum Gasteiger partial charge on any atom is -0.333 e. The van der Waals surface area contributed by atoms with E-state index < -0.39 is 0 Å². The van der Waals surface area contributed by atoms with Gasteiger partial charge in [0.2, 0.25) is 0 Å². The van der Waals surface area contributed by atoms with Crippen molar-refractivity contribution in [2.24, 2.45) is 0 Å². The Bertz CT molecular complexity index is 1150. The fraction of sp³-hybridized carbons (Fsp3) is 0.286. The Morgan fingerprint density at radius 2 is 1.97 bits per heavy atom. The SMILES string of the molecule is Cc1cn(-c2ccc3n(c2=O)C[C@@H](C)N(CCc2cc(Cl)ccc2Cl)C3=O)cn1. The van der Waals surface area contributed by atoms with E-state index in [0.717, 1.165) is 11.3 Å². The molecule has 29 heavy (non-hydrogen) atoms. The summed E-state index contributed by atoms with van der Waals surface area (Å²) in [6, 6.07) is 8.58. The van der Waals surface area contributed by atoms with Crippen molar-refractivity contribution in [3.05, 3.63) is 80.2 Å². The van der Waals surface area contributed by atoms with Crippen LogP contribution in [-0.4, -0.2) is 37.5 Å². The minimum atomic E-state index is -0.197. The quantitative estimate of drug-likeness (QED) is 0.633. The Labute approximate surface area is 178 Å². The molecule has 8 heteroatoms. The number of amides is 1. The summed E-state index contributed by atoms with van der Waals surface area (Å²) < 4.78 is 3.24. The number of carbonyl (C=O) groups is 1. The van der Waals surface area contributed by atoms with Crippen molar-refractivity contribution < 1.29 is 4.79 Å². The monoisotopic (exact) mass is 430 g/mol. The number of benzene rings is 1. The Kier molecular flexibility index (Phi) is 5.23. The summed E-state index contributed by atoms with van der Waals surface area (Å²) in [5, 5.41) is 1.24. The number of hydrogen-bond acceptors (Lipinski definition) is 3. The number of nitrogens with zero attached hydrogens (tertiary/aromatic N) is 4. The molecule has 6 nitrogen and oxygen atoms in total. The second-order valence-electron chi connectivity index (χ2n) is 7.28. The molecule has 150 valence electrons. The average molecular weight is 431 g/mol. The third-order valence-electron chi connectivity index (χ3n) is 5.23. The summed E-state index contributed by atoms with van der Waals surface area (Å²) in [6.07, 6.45) is 3.99. The molecule has 1 aliphatic heterocycles. The van der Waals surface area contributed by atoms with E-state index in [1.165, 1.54) is 0 Å². The zero-order valence-electron chi connectivity index (χ0n) is 16.1. The fourth-order valence-corrected chi connectivity index (χ4v) is 4.10. The van der Waals surface area contributed by atoms with Crippen molar-refractivity contribution in [2.75, 3.05) is 6.54 Å². The molecule has 0 fully saturated rings. The molecule has 0 saturated heterocycles. The van der Waals surface area contributed by atoms with Gasteiger partial charge < -0.3 is 14.0 Å². The van der Waals surface area contributed by atoms with E-state index in [2.05, 4.69) is 4.98 Å². The summed E-state index contributed by atoms with van der Waals surface area (Å²) >= 11 is 12.3. The number of hydrogen-bond donors (Lipinski definition) is 0.